The van der Waals surface area contributed by atoms with E-state index in [9.17, 15) is 0 Å². The Hall–Kier alpha value is -1.58. The third-order valence-corrected chi connectivity index (χ3v) is 4.34. The summed E-state index contributed by atoms with van der Waals surface area (Å²) in [6, 6.07) is 0. The van der Waals surface area contributed by atoms with Crippen LogP contribution in [0.25, 0.3) is 11.0 Å². The van der Waals surface area contributed by atoms with Crippen LogP contribution in [0.3, 0.4) is 0 Å². The standard InChI is InChI=1S/C16H24N4/c1-11(2)9-20-13(4)12(3)14-15(17-10-18-16(14)20)19-7-5-6-8-19/h10-11H,5-9H2,1-4H3. The van der Waals surface area contributed by atoms with Crippen LogP contribution in [0.15, 0.2) is 6.33 Å². The normalized spacial score (nSPS) is 15.8. The fourth-order valence-electron chi connectivity index (χ4n) is 3.21. The van der Waals surface area contributed by atoms with Gasteiger partial charge in [0.1, 0.15) is 17.8 Å². The van der Waals surface area contributed by atoms with Crippen molar-refractivity contribution in [2.75, 3.05) is 18.0 Å². The summed E-state index contributed by atoms with van der Waals surface area (Å²) in [5.74, 6) is 1.75. The lowest BCUT2D eigenvalue weighted by molar-refractivity contribution is 0.524. The third kappa shape index (κ3) is 2.07. The molecule has 3 heterocycles. The second-order valence-electron chi connectivity index (χ2n) is 6.30. The Labute approximate surface area is 120 Å². The summed E-state index contributed by atoms with van der Waals surface area (Å²) in [5.41, 5.74) is 3.77. The van der Waals surface area contributed by atoms with Gasteiger partial charge in [0.05, 0.1) is 5.39 Å². The lowest BCUT2D eigenvalue weighted by atomic mass is 10.2. The molecule has 3 rings (SSSR count). The molecule has 1 aliphatic rings. The van der Waals surface area contributed by atoms with E-state index in [1.807, 2.05) is 0 Å². The van der Waals surface area contributed by atoms with Gasteiger partial charge < -0.3 is 9.47 Å². The smallest absolute Gasteiger partial charge is 0.145 e. The molecule has 20 heavy (non-hydrogen) atoms. The van der Waals surface area contributed by atoms with Gasteiger partial charge in [0.2, 0.25) is 0 Å². The second kappa shape index (κ2) is 5.08. The quantitative estimate of drug-likeness (QED) is 0.859. The molecular weight excluding hydrogens is 248 g/mol. The van der Waals surface area contributed by atoms with Crippen LogP contribution in [-0.2, 0) is 6.54 Å². The van der Waals surface area contributed by atoms with Gasteiger partial charge in [-0.05, 0) is 38.2 Å². The lowest BCUT2D eigenvalue weighted by Gasteiger charge is -2.17. The van der Waals surface area contributed by atoms with Gasteiger partial charge in [-0.15, -0.1) is 0 Å². The summed E-state index contributed by atoms with van der Waals surface area (Å²) in [6.07, 6.45) is 4.28. The Morgan fingerprint density at radius 2 is 1.85 bits per heavy atom. The maximum Gasteiger partial charge on any atom is 0.145 e. The Balaban J connectivity index is 2.19. The van der Waals surface area contributed by atoms with Crippen LogP contribution < -0.4 is 4.90 Å². The average Bonchev–Trinajstić information content (AvgIpc) is 3.02. The SMILES string of the molecule is Cc1c(C)n(CC(C)C)c2ncnc(N3CCCC3)c12. The van der Waals surface area contributed by atoms with Crippen molar-refractivity contribution in [2.24, 2.45) is 5.92 Å². The zero-order valence-electron chi connectivity index (χ0n) is 13.0. The van der Waals surface area contributed by atoms with E-state index in [2.05, 4.69) is 47.1 Å². The molecule has 1 fully saturated rings. The van der Waals surface area contributed by atoms with E-state index in [0.29, 0.717) is 5.92 Å². The number of rotatable bonds is 3. The summed E-state index contributed by atoms with van der Waals surface area (Å²) in [7, 11) is 0. The van der Waals surface area contributed by atoms with Crippen molar-refractivity contribution in [3.05, 3.63) is 17.6 Å². The van der Waals surface area contributed by atoms with Crippen molar-refractivity contribution < 1.29 is 0 Å². The number of aromatic nitrogens is 3. The number of hydrogen-bond acceptors (Lipinski definition) is 3. The monoisotopic (exact) mass is 272 g/mol. The van der Waals surface area contributed by atoms with E-state index >= 15 is 0 Å². The van der Waals surface area contributed by atoms with Crippen LogP contribution in [-0.4, -0.2) is 27.6 Å². The summed E-state index contributed by atoms with van der Waals surface area (Å²) in [4.78, 5) is 11.6. The molecule has 2 aromatic rings. The highest BCUT2D eigenvalue weighted by molar-refractivity contribution is 5.92. The molecule has 0 unspecified atom stereocenters. The molecule has 0 bridgehead atoms. The molecule has 4 nitrogen and oxygen atoms in total. The molecule has 108 valence electrons. The minimum absolute atomic E-state index is 0.619. The van der Waals surface area contributed by atoms with Crippen LogP contribution in [0, 0.1) is 19.8 Å². The van der Waals surface area contributed by atoms with Gasteiger partial charge in [-0.3, -0.25) is 0 Å². The Morgan fingerprint density at radius 3 is 2.50 bits per heavy atom. The molecule has 1 aliphatic heterocycles. The maximum atomic E-state index is 4.58. The van der Waals surface area contributed by atoms with Crippen LogP contribution in [0.4, 0.5) is 5.82 Å². The van der Waals surface area contributed by atoms with Crippen LogP contribution in [0.5, 0.6) is 0 Å². The molecule has 0 radical (unpaired) electrons. The minimum Gasteiger partial charge on any atom is -0.356 e. The first-order valence-electron chi connectivity index (χ1n) is 7.65. The molecule has 2 aromatic heterocycles. The van der Waals surface area contributed by atoms with E-state index in [-0.39, 0.29) is 0 Å². The molecule has 4 heteroatoms. The number of aryl methyl sites for hydroxylation is 1. The van der Waals surface area contributed by atoms with E-state index in [4.69, 9.17) is 0 Å². The third-order valence-electron chi connectivity index (χ3n) is 4.34. The van der Waals surface area contributed by atoms with Gasteiger partial charge in [-0.2, -0.15) is 0 Å². The zero-order chi connectivity index (χ0) is 14.3. The minimum atomic E-state index is 0.619. The highest BCUT2D eigenvalue weighted by atomic mass is 15.2. The first-order chi connectivity index (χ1) is 9.59. The van der Waals surface area contributed by atoms with Gasteiger partial charge in [0.25, 0.3) is 0 Å². The van der Waals surface area contributed by atoms with E-state index in [1.165, 1.54) is 29.5 Å². The van der Waals surface area contributed by atoms with Crippen LogP contribution in [0.2, 0.25) is 0 Å². The molecule has 0 atom stereocenters. The molecular formula is C16H24N4. The second-order valence-corrected chi connectivity index (χ2v) is 6.30. The number of fused-ring (bicyclic) bond motifs is 1. The molecule has 0 aliphatic carbocycles. The van der Waals surface area contributed by atoms with Gasteiger partial charge in [0.15, 0.2) is 0 Å². The Morgan fingerprint density at radius 1 is 1.15 bits per heavy atom. The highest BCUT2D eigenvalue weighted by Gasteiger charge is 2.22. The summed E-state index contributed by atoms with van der Waals surface area (Å²) in [5, 5.41) is 1.26. The van der Waals surface area contributed by atoms with Crippen molar-refractivity contribution in [3.63, 3.8) is 0 Å². The fraction of sp³-hybridized carbons (Fsp3) is 0.625. The first kappa shape index (κ1) is 13.4. The predicted molar refractivity (Wildman–Crippen MR) is 83.3 cm³/mol. The average molecular weight is 272 g/mol. The fourth-order valence-corrected chi connectivity index (χ4v) is 3.21. The molecule has 0 aromatic carbocycles. The number of anilines is 1. The van der Waals surface area contributed by atoms with E-state index in [1.54, 1.807) is 6.33 Å². The van der Waals surface area contributed by atoms with Gasteiger partial charge in [-0.1, -0.05) is 13.8 Å². The highest BCUT2D eigenvalue weighted by Crippen LogP contribution is 2.32. The number of nitrogens with zero attached hydrogens (tertiary/aromatic N) is 4. The van der Waals surface area contributed by atoms with Gasteiger partial charge in [0, 0.05) is 25.3 Å². The van der Waals surface area contributed by atoms with Crippen molar-refractivity contribution in [2.45, 2.75) is 47.1 Å². The summed E-state index contributed by atoms with van der Waals surface area (Å²) < 4.78 is 2.36. The topological polar surface area (TPSA) is 34.0 Å². The van der Waals surface area contributed by atoms with Gasteiger partial charge >= 0.3 is 0 Å². The largest absolute Gasteiger partial charge is 0.356 e. The van der Waals surface area contributed by atoms with E-state index in [0.717, 1.165) is 31.1 Å². The van der Waals surface area contributed by atoms with Gasteiger partial charge in [-0.25, -0.2) is 9.97 Å². The zero-order valence-corrected chi connectivity index (χ0v) is 13.0. The van der Waals surface area contributed by atoms with Crippen molar-refractivity contribution in [1.82, 2.24) is 14.5 Å². The Bertz CT molecular complexity index is 621. The van der Waals surface area contributed by atoms with Crippen molar-refractivity contribution in [1.29, 1.82) is 0 Å². The van der Waals surface area contributed by atoms with Crippen LogP contribution >= 0.6 is 0 Å². The first-order valence-corrected chi connectivity index (χ1v) is 7.65. The lowest BCUT2D eigenvalue weighted by Crippen LogP contribution is -2.19. The molecule has 0 saturated carbocycles. The molecule has 1 saturated heterocycles. The van der Waals surface area contributed by atoms with Crippen LogP contribution in [0.1, 0.15) is 37.9 Å². The molecule has 0 amide bonds. The van der Waals surface area contributed by atoms with Crippen molar-refractivity contribution >= 4 is 16.9 Å². The Kier molecular flexibility index (Phi) is 3.40. The van der Waals surface area contributed by atoms with Crippen molar-refractivity contribution in [3.8, 4) is 0 Å². The van der Waals surface area contributed by atoms with E-state index < -0.39 is 0 Å². The summed E-state index contributed by atoms with van der Waals surface area (Å²) in [6.45, 7) is 12.2. The number of hydrogen-bond donors (Lipinski definition) is 0. The maximum absolute atomic E-state index is 4.58. The predicted octanol–water partition coefficient (Wildman–Crippen LogP) is 3.30. The summed E-state index contributed by atoms with van der Waals surface area (Å²) >= 11 is 0. The molecule has 0 spiro atoms. The molecule has 0 N–H and O–H groups in total.